The van der Waals surface area contributed by atoms with E-state index >= 15 is 0 Å². The maximum atomic E-state index is 12.6. The largest absolute Gasteiger partial charge is 0.464 e. The maximum absolute atomic E-state index is 12.6. The molecule has 0 radical (unpaired) electrons. The van der Waals surface area contributed by atoms with Gasteiger partial charge in [-0.15, -0.1) is 0 Å². The van der Waals surface area contributed by atoms with Gasteiger partial charge in [-0.1, -0.05) is 55.5 Å². The smallest absolute Gasteiger partial charge is 0.410 e. The molecule has 0 spiro atoms. The molecule has 0 aliphatic heterocycles. The van der Waals surface area contributed by atoms with Crippen LogP contribution in [0.1, 0.15) is 52.0 Å². The monoisotopic (exact) mass is 417 g/mol. The van der Waals surface area contributed by atoms with Crippen LogP contribution in [-0.2, 0) is 20.7 Å². The highest BCUT2D eigenvalue weighted by Gasteiger charge is 2.32. The summed E-state index contributed by atoms with van der Waals surface area (Å²) in [5.41, 5.74) is 0.797. The van der Waals surface area contributed by atoms with Gasteiger partial charge in [0.05, 0.1) is 23.3 Å². The summed E-state index contributed by atoms with van der Waals surface area (Å²) < 4.78 is 10.4. The molecule has 1 aromatic rings. The van der Waals surface area contributed by atoms with Crippen molar-refractivity contribution < 1.29 is 19.1 Å². The van der Waals surface area contributed by atoms with E-state index in [0.717, 1.165) is 31.2 Å². The van der Waals surface area contributed by atoms with Crippen LogP contribution in [0.2, 0.25) is 10.0 Å². The molecule has 1 amide bonds. The third-order valence-corrected chi connectivity index (χ3v) is 4.84. The van der Waals surface area contributed by atoms with Crippen LogP contribution >= 0.6 is 23.2 Å². The van der Waals surface area contributed by atoms with E-state index in [-0.39, 0.29) is 19.6 Å². The van der Waals surface area contributed by atoms with Gasteiger partial charge in [-0.2, -0.15) is 0 Å². The first-order valence-corrected chi connectivity index (χ1v) is 10.2. The third-order valence-electron chi connectivity index (χ3n) is 4.10. The molecule has 1 unspecified atom stereocenters. The first-order chi connectivity index (χ1) is 12.9. The highest BCUT2D eigenvalue weighted by atomic mass is 35.5. The zero-order valence-corrected chi connectivity index (χ0v) is 17.8. The first-order valence-electron chi connectivity index (χ1n) is 9.48. The molecule has 0 aromatic heterocycles. The number of benzene rings is 1. The second-order valence-corrected chi connectivity index (χ2v) is 6.99. The molecule has 0 heterocycles. The van der Waals surface area contributed by atoms with Crippen molar-refractivity contribution in [2.45, 2.75) is 58.9 Å². The van der Waals surface area contributed by atoms with E-state index in [1.54, 1.807) is 32.0 Å². The summed E-state index contributed by atoms with van der Waals surface area (Å²) >= 11 is 12.1. The number of esters is 1. The van der Waals surface area contributed by atoms with Crippen LogP contribution in [0, 0.1) is 0 Å². The van der Waals surface area contributed by atoms with E-state index in [4.69, 9.17) is 32.7 Å². The van der Waals surface area contributed by atoms with E-state index in [9.17, 15) is 9.59 Å². The molecule has 1 rings (SSSR count). The molecule has 0 fully saturated rings. The number of ether oxygens (including phenoxy) is 2. The van der Waals surface area contributed by atoms with Crippen LogP contribution in [0.5, 0.6) is 0 Å². The Labute approximate surface area is 171 Å². The molecule has 1 aromatic carbocycles. The van der Waals surface area contributed by atoms with Crippen LogP contribution in [-0.4, -0.2) is 42.8 Å². The number of amides is 1. The van der Waals surface area contributed by atoms with E-state index in [2.05, 4.69) is 6.92 Å². The van der Waals surface area contributed by atoms with Crippen molar-refractivity contribution in [3.05, 3.63) is 33.8 Å². The van der Waals surface area contributed by atoms with Gasteiger partial charge in [0.2, 0.25) is 0 Å². The number of carbonyl (C=O) groups excluding carboxylic acids is 2. The minimum absolute atomic E-state index is 0.239. The number of carbonyl (C=O) groups is 2. The summed E-state index contributed by atoms with van der Waals surface area (Å²) in [5.74, 6) is -0.452. The van der Waals surface area contributed by atoms with Gasteiger partial charge >= 0.3 is 12.1 Å². The van der Waals surface area contributed by atoms with Crippen molar-refractivity contribution in [3.63, 3.8) is 0 Å². The predicted molar refractivity (Wildman–Crippen MR) is 108 cm³/mol. The standard InChI is InChI=1S/C20H29Cl2NO4/c1-4-7-8-9-12-23(20(25)27-6-3)18(19(24)26-5-2)14-15-10-11-16(21)17(22)13-15/h10-11,13,18H,4-9,12,14H2,1-3H3. The lowest BCUT2D eigenvalue weighted by atomic mass is 10.0. The Morgan fingerprint density at radius 3 is 2.30 bits per heavy atom. The average molecular weight is 418 g/mol. The molecular formula is C20H29Cl2NO4. The number of nitrogens with zero attached hydrogens (tertiary/aromatic N) is 1. The molecule has 1 atom stereocenters. The first kappa shape index (κ1) is 23.6. The lowest BCUT2D eigenvalue weighted by Gasteiger charge is -2.29. The Morgan fingerprint density at radius 1 is 1.00 bits per heavy atom. The molecule has 0 saturated carbocycles. The van der Waals surface area contributed by atoms with Gasteiger partial charge in [-0.05, 0) is 38.0 Å². The van der Waals surface area contributed by atoms with Gasteiger partial charge < -0.3 is 9.47 Å². The fourth-order valence-electron chi connectivity index (χ4n) is 2.74. The molecule has 0 N–H and O–H groups in total. The van der Waals surface area contributed by atoms with Gasteiger partial charge in [-0.3, -0.25) is 4.90 Å². The van der Waals surface area contributed by atoms with Crippen LogP contribution in [0.4, 0.5) is 4.79 Å². The van der Waals surface area contributed by atoms with Crippen molar-refractivity contribution in [3.8, 4) is 0 Å². The molecule has 5 nitrogen and oxygen atoms in total. The van der Waals surface area contributed by atoms with Crippen LogP contribution in [0.3, 0.4) is 0 Å². The summed E-state index contributed by atoms with van der Waals surface area (Å²) in [6.45, 7) is 6.52. The van der Waals surface area contributed by atoms with Crippen molar-refractivity contribution in [1.82, 2.24) is 4.90 Å². The maximum Gasteiger partial charge on any atom is 0.410 e. The third kappa shape index (κ3) is 7.97. The Morgan fingerprint density at radius 2 is 1.70 bits per heavy atom. The Bertz CT molecular complexity index is 610. The minimum Gasteiger partial charge on any atom is -0.464 e. The number of unbranched alkanes of at least 4 members (excludes halogenated alkanes) is 3. The molecule has 27 heavy (non-hydrogen) atoms. The average Bonchev–Trinajstić information content (AvgIpc) is 2.63. The molecule has 152 valence electrons. The molecule has 0 saturated heterocycles. The van der Waals surface area contributed by atoms with Crippen molar-refractivity contribution >= 4 is 35.3 Å². The lowest BCUT2D eigenvalue weighted by molar-refractivity contribution is -0.149. The molecule has 7 heteroatoms. The van der Waals surface area contributed by atoms with Crippen molar-refractivity contribution in [1.29, 1.82) is 0 Å². The predicted octanol–water partition coefficient (Wildman–Crippen LogP) is 5.51. The highest BCUT2D eigenvalue weighted by Crippen LogP contribution is 2.24. The highest BCUT2D eigenvalue weighted by molar-refractivity contribution is 6.42. The second kappa shape index (κ2) is 12.8. The van der Waals surface area contributed by atoms with E-state index in [0.29, 0.717) is 16.6 Å². The van der Waals surface area contributed by atoms with Gasteiger partial charge in [0, 0.05) is 13.0 Å². The summed E-state index contributed by atoms with van der Waals surface area (Å²) in [4.78, 5) is 26.6. The van der Waals surface area contributed by atoms with E-state index in [1.165, 1.54) is 4.90 Å². The quantitative estimate of drug-likeness (QED) is 0.351. The lowest BCUT2D eigenvalue weighted by Crippen LogP contribution is -2.48. The van der Waals surface area contributed by atoms with Crippen LogP contribution in [0.15, 0.2) is 18.2 Å². The fourth-order valence-corrected chi connectivity index (χ4v) is 3.06. The fraction of sp³-hybridized carbons (Fsp3) is 0.600. The van der Waals surface area contributed by atoms with Gasteiger partial charge in [0.25, 0.3) is 0 Å². The van der Waals surface area contributed by atoms with Crippen LogP contribution < -0.4 is 0 Å². The van der Waals surface area contributed by atoms with Gasteiger partial charge in [-0.25, -0.2) is 9.59 Å². The zero-order chi connectivity index (χ0) is 20.2. The van der Waals surface area contributed by atoms with E-state index < -0.39 is 18.1 Å². The summed E-state index contributed by atoms with van der Waals surface area (Å²) in [5, 5.41) is 0.845. The second-order valence-electron chi connectivity index (χ2n) is 6.17. The Balaban J connectivity index is 3.06. The minimum atomic E-state index is -0.775. The van der Waals surface area contributed by atoms with Crippen LogP contribution in [0.25, 0.3) is 0 Å². The molecule has 0 aliphatic carbocycles. The summed E-state index contributed by atoms with van der Waals surface area (Å²) in [6, 6.07) is 4.40. The van der Waals surface area contributed by atoms with Gasteiger partial charge in [0.1, 0.15) is 6.04 Å². The molecular weight excluding hydrogens is 389 g/mol. The van der Waals surface area contributed by atoms with Crippen molar-refractivity contribution in [2.24, 2.45) is 0 Å². The van der Waals surface area contributed by atoms with Crippen molar-refractivity contribution in [2.75, 3.05) is 19.8 Å². The Hall–Kier alpha value is -1.46. The molecule has 0 bridgehead atoms. The van der Waals surface area contributed by atoms with E-state index in [1.807, 2.05) is 0 Å². The molecule has 0 aliphatic rings. The number of hydrogen-bond donors (Lipinski definition) is 0. The number of hydrogen-bond acceptors (Lipinski definition) is 4. The normalized spacial score (nSPS) is 11.7. The topological polar surface area (TPSA) is 55.8 Å². The Kier molecular flexibility index (Phi) is 11.2. The SMILES string of the molecule is CCCCCCN(C(=O)OCC)C(Cc1ccc(Cl)c(Cl)c1)C(=O)OCC. The zero-order valence-electron chi connectivity index (χ0n) is 16.3. The summed E-state index contributed by atoms with van der Waals surface area (Å²) in [7, 11) is 0. The number of halogens is 2. The number of rotatable bonds is 11. The van der Waals surface area contributed by atoms with Gasteiger partial charge in [0.15, 0.2) is 0 Å². The summed E-state index contributed by atoms with van der Waals surface area (Å²) in [6.07, 6.45) is 3.71.